The molecule has 1 aromatic rings. The molecule has 0 aliphatic carbocycles. The number of rotatable bonds is 4. The van der Waals surface area contributed by atoms with Gasteiger partial charge >= 0.3 is 0 Å². The van der Waals surface area contributed by atoms with Crippen LogP contribution in [0.25, 0.3) is 0 Å². The number of nitrogens with two attached hydrogens (primary N) is 1. The molecule has 1 aromatic heterocycles. The molecule has 3 heterocycles. The van der Waals surface area contributed by atoms with Gasteiger partial charge in [-0.1, -0.05) is 0 Å². The summed E-state index contributed by atoms with van der Waals surface area (Å²) in [6.07, 6.45) is 2.28. The lowest BCUT2D eigenvalue weighted by molar-refractivity contribution is -0.138. The van der Waals surface area contributed by atoms with E-state index in [9.17, 15) is 14.4 Å². The molecule has 0 atom stereocenters. The number of piperidine rings is 1. The lowest BCUT2D eigenvalue weighted by Gasteiger charge is -2.35. The van der Waals surface area contributed by atoms with Crippen LogP contribution in [0.1, 0.15) is 34.6 Å². The number of hydrogen-bond donors (Lipinski definition) is 2. The van der Waals surface area contributed by atoms with Crippen molar-refractivity contribution in [1.82, 2.24) is 19.7 Å². The van der Waals surface area contributed by atoms with Crippen LogP contribution in [0, 0.1) is 5.92 Å². The maximum Gasteiger partial charge on any atom is 0.267 e. The number of aromatic nitrogens is 1. The Morgan fingerprint density at radius 2 is 1.92 bits per heavy atom. The summed E-state index contributed by atoms with van der Waals surface area (Å²) in [5.41, 5.74) is 8.05. The third kappa shape index (κ3) is 3.60. The Balaban J connectivity index is 1.64. The Bertz CT molecular complexity index is 719. The first kappa shape index (κ1) is 18.4. The van der Waals surface area contributed by atoms with Gasteiger partial charge in [0.1, 0.15) is 5.69 Å². The molecular formula is C18H27N5O3. The molecule has 0 aromatic carbocycles. The molecule has 0 bridgehead atoms. The van der Waals surface area contributed by atoms with E-state index in [4.69, 9.17) is 5.73 Å². The number of amides is 3. The Hall–Kier alpha value is -2.35. The van der Waals surface area contributed by atoms with Gasteiger partial charge in [-0.05, 0) is 44.0 Å². The van der Waals surface area contributed by atoms with Crippen LogP contribution in [0.15, 0.2) is 6.07 Å². The molecule has 2 aliphatic rings. The highest BCUT2D eigenvalue weighted by Crippen LogP contribution is 2.26. The summed E-state index contributed by atoms with van der Waals surface area (Å²) < 4.78 is 1.89. The van der Waals surface area contributed by atoms with Crippen LogP contribution in [-0.2, 0) is 29.6 Å². The molecule has 26 heavy (non-hydrogen) atoms. The molecule has 3 N–H and O–H groups in total. The second-order valence-corrected chi connectivity index (χ2v) is 7.17. The standard InChI is InChI=1S/C18H27N5O3/c1-20-17(25)14-9-13-5-8-23(10-15(13)21(14)2)18(26)12-3-6-22(7-4-12)11-16(19)24/h9,12H,3-8,10-11H2,1-2H3,(H2,19,24)(H,20,25). The smallest absolute Gasteiger partial charge is 0.267 e. The van der Waals surface area contributed by atoms with Gasteiger partial charge in [-0.2, -0.15) is 0 Å². The summed E-state index contributed by atoms with van der Waals surface area (Å²) >= 11 is 0. The molecule has 0 spiro atoms. The molecule has 142 valence electrons. The number of fused-ring (bicyclic) bond motifs is 1. The van der Waals surface area contributed by atoms with Crippen LogP contribution >= 0.6 is 0 Å². The number of likely N-dealkylation sites (tertiary alicyclic amines) is 1. The zero-order valence-corrected chi connectivity index (χ0v) is 15.5. The SMILES string of the molecule is CNC(=O)c1cc2c(n1C)CN(C(=O)C1CCN(CC(N)=O)CC1)CC2. The maximum absolute atomic E-state index is 12.9. The summed E-state index contributed by atoms with van der Waals surface area (Å²) in [5, 5.41) is 2.66. The topological polar surface area (TPSA) is 101 Å². The van der Waals surface area contributed by atoms with Gasteiger partial charge in [0.25, 0.3) is 5.91 Å². The molecule has 2 aliphatic heterocycles. The maximum atomic E-state index is 12.9. The monoisotopic (exact) mass is 361 g/mol. The molecule has 0 radical (unpaired) electrons. The minimum atomic E-state index is -0.325. The van der Waals surface area contributed by atoms with Gasteiger partial charge in [0.05, 0.1) is 13.1 Å². The molecule has 0 unspecified atom stereocenters. The van der Waals surface area contributed by atoms with E-state index in [1.54, 1.807) is 7.05 Å². The molecule has 8 nitrogen and oxygen atoms in total. The second kappa shape index (κ2) is 7.49. The van der Waals surface area contributed by atoms with Crippen molar-refractivity contribution in [3.05, 3.63) is 23.0 Å². The Labute approximate surface area is 153 Å². The number of carbonyl (C=O) groups is 3. The second-order valence-electron chi connectivity index (χ2n) is 7.17. The highest BCUT2D eigenvalue weighted by Gasteiger charge is 2.32. The minimum absolute atomic E-state index is 0.000597. The first-order valence-corrected chi connectivity index (χ1v) is 9.09. The van der Waals surface area contributed by atoms with Crippen LogP contribution in [-0.4, -0.2) is 65.3 Å². The van der Waals surface area contributed by atoms with Crippen molar-refractivity contribution < 1.29 is 14.4 Å². The van der Waals surface area contributed by atoms with Crippen LogP contribution in [0.2, 0.25) is 0 Å². The predicted octanol–water partition coefficient (Wildman–Crippen LogP) is -0.533. The number of nitrogens with one attached hydrogen (secondary N) is 1. The quantitative estimate of drug-likeness (QED) is 0.753. The Kier molecular flexibility index (Phi) is 5.31. The average molecular weight is 361 g/mol. The third-order valence-corrected chi connectivity index (χ3v) is 5.53. The summed E-state index contributed by atoms with van der Waals surface area (Å²) in [4.78, 5) is 39.8. The van der Waals surface area contributed by atoms with Crippen LogP contribution in [0.5, 0.6) is 0 Å². The van der Waals surface area contributed by atoms with E-state index in [-0.39, 0.29) is 30.2 Å². The van der Waals surface area contributed by atoms with Crippen LogP contribution < -0.4 is 11.1 Å². The fraction of sp³-hybridized carbons (Fsp3) is 0.611. The highest BCUT2D eigenvalue weighted by atomic mass is 16.2. The number of nitrogens with zero attached hydrogens (tertiary/aromatic N) is 3. The summed E-state index contributed by atoms with van der Waals surface area (Å²) in [6.45, 7) is 2.94. The number of hydrogen-bond acceptors (Lipinski definition) is 4. The van der Waals surface area contributed by atoms with E-state index in [2.05, 4.69) is 5.32 Å². The van der Waals surface area contributed by atoms with E-state index >= 15 is 0 Å². The van der Waals surface area contributed by atoms with Crippen molar-refractivity contribution in [3.8, 4) is 0 Å². The summed E-state index contributed by atoms with van der Waals surface area (Å²) in [5.74, 6) is -0.257. The van der Waals surface area contributed by atoms with Gasteiger partial charge in [-0.25, -0.2) is 0 Å². The molecule has 3 rings (SSSR count). The van der Waals surface area contributed by atoms with Crippen molar-refractivity contribution in [3.63, 3.8) is 0 Å². The molecule has 3 amide bonds. The fourth-order valence-electron chi connectivity index (χ4n) is 4.00. The van der Waals surface area contributed by atoms with Gasteiger partial charge in [0, 0.05) is 32.3 Å². The zero-order valence-electron chi connectivity index (χ0n) is 15.5. The molecule has 0 saturated carbocycles. The first-order chi connectivity index (χ1) is 12.4. The number of primary amides is 1. The largest absolute Gasteiger partial charge is 0.369 e. The molecule has 1 fully saturated rings. The van der Waals surface area contributed by atoms with Crippen molar-refractivity contribution >= 4 is 17.7 Å². The molecule has 1 saturated heterocycles. The van der Waals surface area contributed by atoms with Crippen molar-refractivity contribution in [2.24, 2.45) is 18.7 Å². The van der Waals surface area contributed by atoms with Gasteiger partial charge in [0.15, 0.2) is 0 Å². The van der Waals surface area contributed by atoms with Gasteiger partial charge in [-0.15, -0.1) is 0 Å². The van der Waals surface area contributed by atoms with Crippen molar-refractivity contribution in [2.45, 2.75) is 25.8 Å². The van der Waals surface area contributed by atoms with Gasteiger partial charge in [0.2, 0.25) is 11.8 Å². The van der Waals surface area contributed by atoms with Gasteiger partial charge in [-0.3, -0.25) is 19.3 Å². The van der Waals surface area contributed by atoms with Crippen LogP contribution in [0.4, 0.5) is 0 Å². The Morgan fingerprint density at radius 3 is 2.54 bits per heavy atom. The fourth-order valence-corrected chi connectivity index (χ4v) is 4.00. The van der Waals surface area contributed by atoms with E-state index in [1.807, 2.05) is 27.5 Å². The lowest BCUT2D eigenvalue weighted by atomic mass is 9.94. The van der Waals surface area contributed by atoms with Gasteiger partial charge < -0.3 is 20.5 Å². The highest BCUT2D eigenvalue weighted by molar-refractivity contribution is 5.93. The predicted molar refractivity (Wildman–Crippen MR) is 96.3 cm³/mol. The van der Waals surface area contributed by atoms with Crippen molar-refractivity contribution in [1.29, 1.82) is 0 Å². The molecular weight excluding hydrogens is 334 g/mol. The zero-order chi connectivity index (χ0) is 18.8. The van der Waals surface area contributed by atoms with E-state index in [0.29, 0.717) is 18.8 Å². The minimum Gasteiger partial charge on any atom is -0.369 e. The van der Waals surface area contributed by atoms with Crippen LogP contribution in [0.3, 0.4) is 0 Å². The van der Waals surface area contributed by atoms with Crippen molar-refractivity contribution in [2.75, 3.05) is 33.2 Å². The molecule has 8 heteroatoms. The Morgan fingerprint density at radius 1 is 1.23 bits per heavy atom. The van der Waals surface area contributed by atoms with E-state index < -0.39 is 0 Å². The summed E-state index contributed by atoms with van der Waals surface area (Å²) in [7, 11) is 3.49. The third-order valence-electron chi connectivity index (χ3n) is 5.53. The van der Waals surface area contributed by atoms with E-state index in [0.717, 1.165) is 43.6 Å². The first-order valence-electron chi connectivity index (χ1n) is 9.09. The summed E-state index contributed by atoms with van der Waals surface area (Å²) in [6, 6.07) is 1.93. The average Bonchev–Trinajstić information content (AvgIpc) is 2.97. The lowest BCUT2D eigenvalue weighted by Crippen LogP contribution is -2.46. The number of carbonyl (C=O) groups excluding carboxylic acids is 3. The normalized spacial score (nSPS) is 18.5. The van der Waals surface area contributed by atoms with E-state index in [1.165, 1.54) is 0 Å².